The van der Waals surface area contributed by atoms with Gasteiger partial charge in [-0.25, -0.2) is 4.79 Å². The lowest BCUT2D eigenvalue weighted by molar-refractivity contribution is -0.131. The minimum absolute atomic E-state index is 0.222. The van der Waals surface area contributed by atoms with E-state index in [4.69, 9.17) is 51.5 Å². The Morgan fingerprint density at radius 3 is 1.97 bits per heavy atom. The number of nitrogens with one attached hydrogen (secondary N) is 1. The summed E-state index contributed by atoms with van der Waals surface area (Å²) >= 11 is 23.2. The third kappa shape index (κ3) is 8.11. The quantitative estimate of drug-likeness (QED) is 0.241. The maximum atomic E-state index is 12.1. The Labute approximate surface area is 227 Å². The molecule has 1 heterocycles. The highest BCUT2D eigenvalue weighted by molar-refractivity contribution is 6.42. The van der Waals surface area contributed by atoms with Crippen LogP contribution in [0.5, 0.6) is 0 Å². The van der Waals surface area contributed by atoms with Gasteiger partial charge in [0.05, 0.1) is 20.1 Å². The molecule has 0 spiro atoms. The van der Waals surface area contributed by atoms with Crippen LogP contribution in [0.3, 0.4) is 0 Å². The zero-order valence-electron chi connectivity index (χ0n) is 18.5. The number of carboxylic acids is 1. The van der Waals surface area contributed by atoms with Crippen LogP contribution in [0, 0.1) is 0 Å². The zero-order chi connectivity index (χ0) is 26.1. The average molecular weight is 560 g/mol. The Morgan fingerprint density at radius 1 is 0.778 bits per heavy atom. The summed E-state index contributed by atoms with van der Waals surface area (Å²) in [6.45, 7) is 0. The molecular weight excluding hydrogens is 542 g/mol. The van der Waals surface area contributed by atoms with Crippen LogP contribution in [0.2, 0.25) is 20.1 Å². The summed E-state index contributed by atoms with van der Waals surface area (Å²) in [5.74, 6) is -1.22. The Morgan fingerprint density at radius 2 is 1.39 bits per heavy atom. The number of pyridine rings is 1. The lowest BCUT2D eigenvalue weighted by Crippen LogP contribution is -2.08. The van der Waals surface area contributed by atoms with E-state index in [9.17, 15) is 9.59 Å². The van der Waals surface area contributed by atoms with Gasteiger partial charge in [-0.3, -0.25) is 9.78 Å². The molecule has 0 saturated carbocycles. The predicted octanol–water partition coefficient (Wildman–Crippen LogP) is 8.28. The van der Waals surface area contributed by atoms with Crippen molar-refractivity contribution in [3.05, 3.63) is 116 Å². The highest BCUT2D eigenvalue weighted by Gasteiger charge is 2.04. The molecule has 0 aliphatic carbocycles. The minimum atomic E-state index is -0.994. The number of aromatic nitrogens is 1. The summed E-state index contributed by atoms with van der Waals surface area (Å²) in [5.41, 5.74) is 2.25. The number of carbonyl (C=O) groups is 2. The molecule has 0 aliphatic heterocycles. The molecule has 4 rings (SSSR count). The van der Waals surface area contributed by atoms with E-state index in [1.165, 1.54) is 12.2 Å². The molecule has 2 N–H and O–H groups in total. The van der Waals surface area contributed by atoms with Crippen molar-refractivity contribution in [2.75, 3.05) is 5.32 Å². The minimum Gasteiger partial charge on any atom is -0.478 e. The van der Waals surface area contributed by atoms with Crippen LogP contribution in [0.4, 0.5) is 5.69 Å². The normalized spacial score (nSPS) is 10.9. The zero-order valence-corrected chi connectivity index (χ0v) is 21.5. The van der Waals surface area contributed by atoms with Gasteiger partial charge in [0.2, 0.25) is 5.91 Å². The second-order valence-corrected chi connectivity index (χ2v) is 8.87. The topological polar surface area (TPSA) is 79.3 Å². The number of fused-ring (bicyclic) bond motifs is 1. The summed E-state index contributed by atoms with van der Waals surface area (Å²) in [5, 5.41) is 14.9. The molecule has 1 amide bonds. The Hall–Kier alpha value is -3.35. The lowest BCUT2D eigenvalue weighted by atomic mass is 10.1. The molecule has 0 aliphatic rings. The summed E-state index contributed by atoms with van der Waals surface area (Å²) in [4.78, 5) is 26.4. The van der Waals surface area contributed by atoms with Gasteiger partial charge < -0.3 is 10.4 Å². The average Bonchev–Trinajstić information content (AvgIpc) is 2.86. The lowest BCUT2D eigenvalue weighted by Gasteiger charge is -2.06. The summed E-state index contributed by atoms with van der Waals surface area (Å²) < 4.78 is 0. The fraction of sp³-hybridized carbons (Fsp3) is 0. The van der Waals surface area contributed by atoms with Crippen molar-refractivity contribution in [2.24, 2.45) is 0 Å². The van der Waals surface area contributed by atoms with Crippen molar-refractivity contribution < 1.29 is 14.7 Å². The van der Waals surface area contributed by atoms with Crippen LogP contribution in [0.15, 0.2) is 85.2 Å². The largest absolute Gasteiger partial charge is 0.478 e. The van der Waals surface area contributed by atoms with Gasteiger partial charge in [0.25, 0.3) is 0 Å². The maximum absolute atomic E-state index is 12.1. The molecule has 0 bridgehead atoms. The first kappa shape index (κ1) is 27.2. The van der Waals surface area contributed by atoms with Gasteiger partial charge in [-0.1, -0.05) is 70.7 Å². The smallest absolute Gasteiger partial charge is 0.328 e. The van der Waals surface area contributed by atoms with Gasteiger partial charge >= 0.3 is 5.97 Å². The number of benzene rings is 3. The first-order chi connectivity index (χ1) is 17.2. The van der Waals surface area contributed by atoms with E-state index in [1.807, 2.05) is 24.3 Å². The van der Waals surface area contributed by atoms with Crippen molar-refractivity contribution >= 4 is 86.9 Å². The first-order valence-corrected chi connectivity index (χ1v) is 11.9. The van der Waals surface area contributed by atoms with E-state index in [-0.39, 0.29) is 5.91 Å². The van der Waals surface area contributed by atoms with Crippen LogP contribution in [0.25, 0.3) is 22.9 Å². The highest BCUT2D eigenvalue weighted by Crippen LogP contribution is 2.25. The van der Waals surface area contributed by atoms with Crippen LogP contribution < -0.4 is 5.32 Å². The number of carbonyl (C=O) groups excluding carboxylic acids is 1. The van der Waals surface area contributed by atoms with Gasteiger partial charge in [-0.15, -0.1) is 0 Å². The van der Waals surface area contributed by atoms with Crippen molar-refractivity contribution in [3.8, 4) is 0 Å². The fourth-order valence-electron chi connectivity index (χ4n) is 2.98. The van der Waals surface area contributed by atoms with Gasteiger partial charge in [0.15, 0.2) is 0 Å². The molecule has 4 aromatic rings. The number of hydrogen-bond acceptors (Lipinski definition) is 3. The Bertz CT molecular complexity index is 1460. The number of carboxylic acid groups (broad SMARTS) is 1. The van der Waals surface area contributed by atoms with Gasteiger partial charge in [-0.05, 0) is 59.7 Å². The van der Waals surface area contributed by atoms with Gasteiger partial charge in [-0.2, -0.15) is 0 Å². The highest BCUT2D eigenvalue weighted by atomic mass is 35.5. The van der Waals surface area contributed by atoms with E-state index in [0.717, 1.165) is 28.1 Å². The fourth-order valence-corrected chi connectivity index (χ4v) is 3.59. The number of hydrogen-bond donors (Lipinski definition) is 2. The molecular formula is C27H18Cl4N2O3. The Balaban J connectivity index is 0.000000236. The molecule has 182 valence electrons. The predicted molar refractivity (Wildman–Crippen MR) is 149 cm³/mol. The van der Waals surface area contributed by atoms with Crippen molar-refractivity contribution in [2.45, 2.75) is 0 Å². The Kier molecular flexibility index (Phi) is 9.91. The third-order valence-corrected chi connectivity index (χ3v) is 6.15. The summed E-state index contributed by atoms with van der Waals surface area (Å²) in [7, 11) is 0. The number of aliphatic carboxylic acids is 1. The standard InChI is InChI=1S/C18H12Cl2N2O.C9H6Cl2O2/c19-15-6-4-12(10-16(15)20)5-7-18(23)22-17-3-1-2-13-11-21-9-8-14(13)17;10-7-3-1-6(5-8(7)11)2-4-9(12)13/h1-11H,(H,22,23);1-5H,(H,12,13). The molecule has 36 heavy (non-hydrogen) atoms. The molecule has 3 aromatic carbocycles. The van der Waals surface area contributed by atoms with Crippen LogP contribution >= 0.6 is 46.4 Å². The molecule has 1 aromatic heterocycles. The molecule has 0 atom stereocenters. The van der Waals surface area contributed by atoms with Gasteiger partial charge in [0.1, 0.15) is 0 Å². The van der Waals surface area contributed by atoms with E-state index >= 15 is 0 Å². The molecule has 9 heteroatoms. The maximum Gasteiger partial charge on any atom is 0.328 e. The monoisotopic (exact) mass is 558 g/mol. The molecule has 0 saturated heterocycles. The van der Waals surface area contributed by atoms with Gasteiger partial charge in [0, 0.05) is 41.0 Å². The number of nitrogens with zero attached hydrogens (tertiary/aromatic N) is 1. The summed E-state index contributed by atoms with van der Waals surface area (Å²) in [6.07, 6.45) is 9.09. The number of halogens is 4. The molecule has 0 unspecified atom stereocenters. The SMILES string of the molecule is O=C(C=Cc1ccc(Cl)c(Cl)c1)Nc1cccc2cnccc12.O=C(O)C=Cc1ccc(Cl)c(Cl)c1. The first-order valence-electron chi connectivity index (χ1n) is 10.4. The molecule has 0 fully saturated rings. The number of rotatable bonds is 5. The van der Waals surface area contributed by atoms with E-state index in [0.29, 0.717) is 25.7 Å². The van der Waals surface area contributed by atoms with E-state index in [2.05, 4.69) is 10.3 Å². The van der Waals surface area contributed by atoms with Crippen LogP contribution in [-0.2, 0) is 9.59 Å². The van der Waals surface area contributed by atoms with Crippen molar-refractivity contribution in [3.63, 3.8) is 0 Å². The summed E-state index contributed by atoms with van der Waals surface area (Å²) in [6, 6.07) is 17.6. The third-order valence-electron chi connectivity index (χ3n) is 4.67. The van der Waals surface area contributed by atoms with Crippen LogP contribution in [-0.4, -0.2) is 22.0 Å². The second kappa shape index (κ2) is 13.1. The second-order valence-electron chi connectivity index (χ2n) is 7.24. The number of amides is 1. The van der Waals surface area contributed by atoms with Crippen molar-refractivity contribution in [1.82, 2.24) is 4.98 Å². The van der Waals surface area contributed by atoms with E-state index < -0.39 is 5.97 Å². The van der Waals surface area contributed by atoms with E-state index in [1.54, 1.807) is 54.9 Å². The molecule has 0 radical (unpaired) electrons. The number of anilines is 1. The van der Waals surface area contributed by atoms with Crippen molar-refractivity contribution in [1.29, 1.82) is 0 Å². The molecule has 5 nitrogen and oxygen atoms in total. The van der Waals surface area contributed by atoms with Crippen LogP contribution in [0.1, 0.15) is 11.1 Å².